The molecule has 0 aliphatic rings. The van der Waals surface area contributed by atoms with E-state index in [0.29, 0.717) is 18.9 Å². The van der Waals surface area contributed by atoms with Gasteiger partial charge in [-0.3, -0.25) is 4.79 Å². The minimum absolute atomic E-state index is 0.331. The predicted octanol–water partition coefficient (Wildman–Crippen LogP) is 6.58. The number of rotatable bonds is 16. The Hall–Kier alpha value is -0.570. The van der Waals surface area contributed by atoms with Gasteiger partial charge in [0.15, 0.2) is 0 Å². The fraction of sp³-hybridized carbons (Fsp3) is 0.952. The van der Waals surface area contributed by atoms with Crippen molar-refractivity contribution < 1.29 is 15.0 Å². The molecule has 0 amide bonds. The normalized spacial score (nSPS) is 10.5. The Balaban J connectivity index is 0. The zero-order chi connectivity index (χ0) is 18.5. The Morgan fingerprint density at radius 1 is 0.750 bits per heavy atom. The quantitative estimate of drug-likeness (QED) is 0.311. The summed E-state index contributed by atoms with van der Waals surface area (Å²) in [6, 6.07) is 0. The summed E-state index contributed by atoms with van der Waals surface area (Å²) in [7, 11) is 0. The molecule has 146 valence electrons. The zero-order valence-electron chi connectivity index (χ0n) is 16.7. The number of carboxylic acids is 1. The van der Waals surface area contributed by atoms with Crippen LogP contribution in [0, 0.1) is 5.92 Å². The summed E-state index contributed by atoms with van der Waals surface area (Å²) >= 11 is 0. The van der Waals surface area contributed by atoms with Crippen molar-refractivity contribution in [2.45, 2.75) is 117 Å². The highest BCUT2D eigenvalue weighted by Crippen LogP contribution is 2.12. The third-order valence-corrected chi connectivity index (χ3v) is 4.20. The van der Waals surface area contributed by atoms with E-state index in [-0.39, 0.29) is 0 Å². The van der Waals surface area contributed by atoms with Crippen molar-refractivity contribution in [1.29, 1.82) is 0 Å². The van der Waals surface area contributed by atoms with Crippen LogP contribution < -0.4 is 0 Å². The molecule has 0 saturated heterocycles. The first-order chi connectivity index (χ1) is 11.5. The van der Waals surface area contributed by atoms with Crippen LogP contribution >= 0.6 is 0 Å². The maximum atomic E-state index is 10.3. The fourth-order valence-corrected chi connectivity index (χ4v) is 2.55. The highest BCUT2D eigenvalue weighted by molar-refractivity contribution is 5.66. The van der Waals surface area contributed by atoms with Crippen molar-refractivity contribution in [3.05, 3.63) is 0 Å². The maximum absolute atomic E-state index is 10.3. The third-order valence-electron chi connectivity index (χ3n) is 4.20. The lowest BCUT2D eigenvalue weighted by Gasteiger charge is -2.02. The SMILES string of the molecule is CC(C)CCO.CCCCCCCCCCCCCCCC(=O)O. The number of hydrogen-bond acceptors (Lipinski definition) is 2. The molecule has 0 rings (SSSR count). The number of carboxylic acid groups (broad SMARTS) is 1. The molecular weight excluding hydrogens is 300 g/mol. The molecule has 0 spiro atoms. The topological polar surface area (TPSA) is 57.5 Å². The van der Waals surface area contributed by atoms with E-state index < -0.39 is 5.97 Å². The molecule has 0 radical (unpaired) electrons. The van der Waals surface area contributed by atoms with Gasteiger partial charge in [0, 0.05) is 13.0 Å². The number of aliphatic carboxylic acids is 1. The highest BCUT2D eigenvalue weighted by Gasteiger charge is 1.96. The Bertz CT molecular complexity index is 239. The monoisotopic (exact) mass is 344 g/mol. The first kappa shape index (κ1) is 25.7. The van der Waals surface area contributed by atoms with E-state index in [1.165, 1.54) is 70.6 Å². The lowest BCUT2D eigenvalue weighted by molar-refractivity contribution is -0.137. The van der Waals surface area contributed by atoms with E-state index in [9.17, 15) is 4.79 Å². The third kappa shape index (κ3) is 29.4. The smallest absolute Gasteiger partial charge is 0.303 e. The summed E-state index contributed by atoms with van der Waals surface area (Å²) in [6.45, 7) is 6.78. The number of unbranched alkanes of at least 4 members (excludes halogenated alkanes) is 12. The first-order valence-corrected chi connectivity index (χ1v) is 10.4. The van der Waals surface area contributed by atoms with Crippen LogP contribution in [0.1, 0.15) is 117 Å². The summed E-state index contributed by atoms with van der Waals surface area (Å²) in [5.41, 5.74) is 0. The Kier molecular flexibility index (Phi) is 24.0. The molecule has 0 unspecified atom stereocenters. The van der Waals surface area contributed by atoms with Gasteiger partial charge in [0.2, 0.25) is 0 Å². The van der Waals surface area contributed by atoms with Gasteiger partial charge >= 0.3 is 5.97 Å². The van der Waals surface area contributed by atoms with Crippen LogP contribution in [0.3, 0.4) is 0 Å². The van der Waals surface area contributed by atoms with E-state index in [4.69, 9.17) is 10.2 Å². The van der Waals surface area contributed by atoms with Crippen molar-refractivity contribution in [3.63, 3.8) is 0 Å². The molecule has 3 nitrogen and oxygen atoms in total. The summed E-state index contributed by atoms with van der Waals surface area (Å²) in [4.78, 5) is 10.3. The molecule has 2 N–H and O–H groups in total. The summed E-state index contributed by atoms with van der Waals surface area (Å²) in [5, 5.41) is 16.7. The molecule has 0 aliphatic heterocycles. The number of hydrogen-bond donors (Lipinski definition) is 2. The van der Waals surface area contributed by atoms with Crippen LogP contribution in [-0.2, 0) is 4.79 Å². The second kappa shape index (κ2) is 22.4. The van der Waals surface area contributed by atoms with Crippen molar-refractivity contribution >= 4 is 5.97 Å². The lowest BCUT2D eigenvalue weighted by Crippen LogP contribution is -1.93. The maximum Gasteiger partial charge on any atom is 0.303 e. The van der Waals surface area contributed by atoms with E-state index in [1.807, 2.05) is 0 Å². The van der Waals surface area contributed by atoms with Gasteiger partial charge < -0.3 is 10.2 Å². The van der Waals surface area contributed by atoms with Gasteiger partial charge in [-0.05, 0) is 18.8 Å². The molecule has 0 aromatic rings. The van der Waals surface area contributed by atoms with Gasteiger partial charge in [-0.2, -0.15) is 0 Å². The fourth-order valence-electron chi connectivity index (χ4n) is 2.55. The number of aliphatic hydroxyl groups is 1. The zero-order valence-corrected chi connectivity index (χ0v) is 16.7. The second-order valence-corrected chi connectivity index (χ2v) is 7.29. The highest BCUT2D eigenvalue weighted by atomic mass is 16.4. The van der Waals surface area contributed by atoms with E-state index in [2.05, 4.69) is 20.8 Å². The molecule has 0 aliphatic carbocycles. The van der Waals surface area contributed by atoms with Crippen molar-refractivity contribution in [2.24, 2.45) is 5.92 Å². The summed E-state index contributed by atoms with van der Waals surface area (Å²) in [5.74, 6) is -0.00641. The van der Waals surface area contributed by atoms with Crippen LogP contribution in [-0.4, -0.2) is 22.8 Å². The molecule has 0 bridgehead atoms. The molecule has 0 atom stereocenters. The predicted molar refractivity (Wildman–Crippen MR) is 104 cm³/mol. The van der Waals surface area contributed by atoms with Crippen LogP contribution in [0.2, 0.25) is 0 Å². The molecule has 0 heterocycles. The first-order valence-electron chi connectivity index (χ1n) is 10.4. The van der Waals surface area contributed by atoms with Crippen molar-refractivity contribution in [2.75, 3.05) is 6.61 Å². The molecule has 0 saturated carbocycles. The average Bonchev–Trinajstić information content (AvgIpc) is 2.52. The van der Waals surface area contributed by atoms with Crippen LogP contribution in [0.25, 0.3) is 0 Å². The van der Waals surface area contributed by atoms with Crippen LogP contribution in [0.5, 0.6) is 0 Å². The van der Waals surface area contributed by atoms with Gasteiger partial charge in [0.05, 0.1) is 0 Å². The van der Waals surface area contributed by atoms with E-state index in [1.54, 1.807) is 0 Å². The second-order valence-electron chi connectivity index (χ2n) is 7.29. The Morgan fingerprint density at radius 2 is 1.12 bits per heavy atom. The standard InChI is InChI=1S/C16H32O2.C5H12O/c1-2-3-4-5-6-7-8-9-10-11-12-13-14-15-16(17)18;1-5(2)3-4-6/h2-15H2,1H3,(H,17,18);5-6H,3-4H2,1-2H3. The van der Waals surface area contributed by atoms with Gasteiger partial charge in [-0.25, -0.2) is 0 Å². The van der Waals surface area contributed by atoms with Crippen molar-refractivity contribution in [1.82, 2.24) is 0 Å². The molecule has 3 heteroatoms. The molecule has 24 heavy (non-hydrogen) atoms. The van der Waals surface area contributed by atoms with E-state index in [0.717, 1.165) is 19.3 Å². The lowest BCUT2D eigenvalue weighted by atomic mass is 10.0. The largest absolute Gasteiger partial charge is 0.481 e. The summed E-state index contributed by atoms with van der Waals surface area (Å²) < 4.78 is 0. The minimum atomic E-state index is -0.655. The molecule has 0 fully saturated rings. The Labute approximate surface area is 151 Å². The number of aliphatic hydroxyl groups excluding tert-OH is 1. The summed E-state index contributed by atoms with van der Waals surface area (Å²) in [6.07, 6.45) is 18.2. The number of carbonyl (C=O) groups is 1. The minimum Gasteiger partial charge on any atom is -0.481 e. The van der Waals surface area contributed by atoms with Gasteiger partial charge in [0.25, 0.3) is 0 Å². The molecule has 0 aromatic heterocycles. The van der Waals surface area contributed by atoms with Crippen LogP contribution in [0.4, 0.5) is 0 Å². The average molecular weight is 345 g/mol. The van der Waals surface area contributed by atoms with Gasteiger partial charge in [-0.1, -0.05) is 97.8 Å². The van der Waals surface area contributed by atoms with Gasteiger partial charge in [0.1, 0.15) is 0 Å². The van der Waals surface area contributed by atoms with Crippen LogP contribution in [0.15, 0.2) is 0 Å². The molecule has 0 aromatic carbocycles. The van der Waals surface area contributed by atoms with E-state index >= 15 is 0 Å². The molecular formula is C21H44O3. The Morgan fingerprint density at radius 3 is 1.38 bits per heavy atom. The van der Waals surface area contributed by atoms with Gasteiger partial charge in [-0.15, -0.1) is 0 Å². The van der Waals surface area contributed by atoms with Crippen molar-refractivity contribution in [3.8, 4) is 0 Å².